The van der Waals surface area contributed by atoms with Crippen molar-refractivity contribution in [3.63, 3.8) is 0 Å². The van der Waals surface area contributed by atoms with E-state index < -0.39 is 11.9 Å². The zero-order valence-corrected chi connectivity index (χ0v) is 11.0. The molecule has 0 saturated carbocycles. The van der Waals surface area contributed by atoms with Crippen LogP contribution in [0.15, 0.2) is 35.4 Å². The van der Waals surface area contributed by atoms with E-state index in [0.717, 1.165) is 5.56 Å². The summed E-state index contributed by atoms with van der Waals surface area (Å²) in [4.78, 5) is 23.5. The molecule has 1 heterocycles. The number of hydrazone groups is 1. The smallest absolute Gasteiger partial charge is 0.306 e. The lowest BCUT2D eigenvalue weighted by Gasteiger charge is -2.13. The van der Waals surface area contributed by atoms with Crippen molar-refractivity contribution in [2.45, 2.75) is 19.9 Å². The molecule has 0 saturated heterocycles. The number of hydrogen-bond donors (Lipinski definition) is 0. The molecule has 1 aliphatic rings. The van der Waals surface area contributed by atoms with Gasteiger partial charge in [-0.15, -0.1) is 0 Å². The van der Waals surface area contributed by atoms with Crippen molar-refractivity contribution in [3.05, 3.63) is 35.9 Å². The van der Waals surface area contributed by atoms with Crippen LogP contribution in [0, 0.1) is 5.92 Å². The second-order valence-electron chi connectivity index (χ2n) is 4.46. The Morgan fingerprint density at radius 2 is 2.05 bits per heavy atom. The van der Waals surface area contributed by atoms with Crippen LogP contribution in [0.1, 0.15) is 18.9 Å². The van der Waals surface area contributed by atoms with Crippen molar-refractivity contribution in [1.82, 2.24) is 5.01 Å². The number of methoxy groups -OCH3 is 1. The van der Waals surface area contributed by atoms with Gasteiger partial charge in [-0.25, -0.2) is 5.01 Å². The molecule has 5 heteroatoms. The van der Waals surface area contributed by atoms with Crippen molar-refractivity contribution in [3.8, 4) is 0 Å². The van der Waals surface area contributed by atoms with Crippen LogP contribution in [-0.4, -0.2) is 29.7 Å². The summed E-state index contributed by atoms with van der Waals surface area (Å²) in [6.45, 7) is 2.19. The van der Waals surface area contributed by atoms with E-state index in [-0.39, 0.29) is 12.3 Å². The Hall–Kier alpha value is -2.17. The molecule has 0 bridgehead atoms. The van der Waals surface area contributed by atoms with E-state index in [4.69, 9.17) is 0 Å². The number of benzene rings is 1. The zero-order valence-electron chi connectivity index (χ0n) is 11.0. The largest absolute Gasteiger partial charge is 0.469 e. The zero-order chi connectivity index (χ0) is 13.8. The van der Waals surface area contributed by atoms with Crippen molar-refractivity contribution in [2.75, 3.05) is 7.11 Å². The number of ether oxygens (including phenoxy) is 1. The Morgan fingerprint density at radius 1 is 1.37 bits per heavy atom. The van der Waals surface area contributed by atoms with Crippen LogP contribution in [0.5, 0.6) is 0 Å². The molecule has 0 radical (unpaired) electrons. The molecule has 1 atom stereocenters. The molecule has 1 aliphatic heterocycles. The highest BCUT2D eigenvalue weighted by Gasteiger charge is 2.35. The third kappa shape index (κ3) is 2.99. The van der Waals surface area contributed by atoms with Gasteiger partial charge in [-0.05, 0) is 12.5 Å². The highest BCUT2D eigenvalue weighted by atomic mass is 16.5. The number of esters is 1. The van der Waals surface area contributed by atoms with Gasteiger partial charge in [0, 0.05) is 5.71 Å². The van der Waals surface area contributed by atoms with Crippen molar-refractivity contribution < 1.29 is 14.3 Å². The predicted octanol–water partition coefficient (Wildman–Crippen LogP) is 1.58. The highest BCUT2D eigenvalue weighted by molar-refractivity contribution is 6.08. The first-order valence-electron chi connectivity index (χ1n) is 6.09. The summed E-state index contributed by atoms with van der Waals surface area (Å²) in [5, 5.41) is 5.64. The van der Waals surface area contributed by atoms with Gasteiger partial charge in [0.2, 0.25) is 0 Å². The Bertz CT molecular complexity index is 511. The highest BCUT2D eigenvalue weighted by Crippen LogP contribution is 2.21. The van der Waals surface area contributed by atoms with Gasteiger partial charge in [0.05, 0.1) is 26.0 Å². The van der Waals surface area contributed by atoms with Crippen LogP contribution in [0.25, 0.3) is 0 Å². The van der Waals surface area contributed by atoms with Crippen LogP contribution in [-0.2, 0) is 20.9 Å². The van der Waals surface area contributed by atoms with E-state index >= 15 is 0 Å². The number of rotatable bonds is 4. The Kier molecular flexibility index (Phi) is 3.94. The van der Waals surface area contributed by atoms with Gasteiger partial charge in [-0.1, -0.05) is 30.3 Å². The SMILES string of the molecule is COC(=O)CC1C(=O)N(Cc2ccccc2)N=C1C. The summed E-state index contributed by atoms with van der Waals surface area (Å²) in [6, 6.07) is 9.62. The minimum atomic E-state index is -0.490. The third-order valence-corrected chi connectivity index (χ3v) is 3.11. The molecule has 0 aromatic heterocycles. The molecule has 0 N–H and O–H groups in total. The van der Waals surface area contributed by atoms with E-state index in [9.17, 15) is 9.59 Å². The van der Waals surface area contributed by atoms with E-state index in [1.54, 1.807) is 6.92 Å². The maximum atomic E-state index is 12.2. The molecule has 5 nitrogen and oxygen atoms in total. The van der Waals surface area contributed by atoms with Crippen LogP contribution in [0.2, 0.25) is 0 Å². The molecule has 1 aromatic rings. The lowest BCUT2D eigenvalue weighted by atomic mass is 10.0. The Balaban J connectivity index is 2.06. The fourth-order valence-corrected chi connectivity index (χ4v) is 2.02. The summed E-state index contributed by atoms with van der Waals surface area (Å²) in [6.07, 6.45) is 0.0515. The van der Waals surface area contributed by atoms with E-state index in [1.165, 1.54) is 12.1 Å². The molecule has 100 valence electrons. The van der Waals surface area contributed by atoms with Crippen LogP contribution in [0.4, 0.5) is 0 Å². The normalized spacial score (nSPS) is 18.4. The van der Waals surface area contributed by atoms with E-state index in [0.29, 0.717) is 12.3 Å². The van der Waals surface area contributed by atoms with Gasteiger partial charge in [-0.2, -0.15) is 5.10 Å². The summed E-state index contributed by atoms with van der Waals surface area (Å²) in [5.74, 6) is -1.03. The number of hydrogen-bond acceptors (Lipinski definition) is 4. The number of nitrogens with zero attached hydrogens (tertiary/aromatic N) is 2. The molecule has 0 spiro atoms. The Labute approximate surface area is 111 Å². The van der Waals surface area contributed by atoms with Crippen LogP contribution < -0.4 is 0 Å². The lowest BCUT2D eigenvalue weighted by molar-refractivity contribution is -0.144. The summed E-state index contributed by atoms with van der Waals surface area (Å²) < 4.78 is 4.60. The first kappa shape index (κ1) is 13.3. The van der Waals surface area contributed by atoms with Gasteiger partial charge in [0.15, 0.2) is 0 Å². The maximum Gasteiger partial charge on any atom is 0.306 e. The van der Waals surface area contributed by atoms with Crippen LogP contribution >= 0.6 is 0 Å². The first-order chi connectivity index (χ1) is 9.11. The number of carbonyl (C=O) groups excluding carboxylic acids is 2. The van der Waals surface area contributed by atoms with E-state index in [2.05, 4.69) is 9.84 Å². The number of amides is 1. The van der Waals surface area contributed by atoms with Gasteiger partial charge < -0.3 is 4.74 Å². The van der Waals surface area contributed by atoms with Gasteiger partial charge >= 0.3 is 5.97 Å². The Morgan fingerprint density at radius 3 is 2.68 bits per heavy atom. The second kappa shape index (κ2) is 5.65. The predicted molar refractivity (Wildman–Crippen MR) is 70.2 cm³/mol. The van der Waals surface area contributed by atoms with Gasteiger partial charge in [0.1, 0.15) is 0 Å². The third-order valence-electron chi connectivity index (χ3n) is 3.11. The van der Waals surface area contributed by atoms with E-state index in [1.807, 2.05) is 30.3 Å². The first-order valence-corrected chi connectivity index (χ1v) is 6.09. The molecule has 1 aromatic carbocycles. The average molecular weight is 260 g/mol. The fraction of sp³-hybridized carbons (Fsp3) is 0.357. The summed E-state index contributed by atoms with van der Waals surface area (Å²) >= 11 is 0. The molecular formula is C14H16N2O3. The quantitative estimate of drug-likeness (QED) is 0.772. The van der Waals surface area contributed by atoms with Crippen molar-refractivity contribution in [2.24, 2.45) is 11.0 Å². The lowest BCUT2D eigenvalue weighted by Crippen LogP contribution is -2.28. The van der Waals surface area contributed by atoms with Crippen LogP contribution in [0.3, 0.4) is 0 Å². The standard InChI is InChI=1S/C14H16N2O3/c1-10-12(8-13(17)19-2)14(18)16(15-10)9-11-6-4-3-5-7-11/h3-7,12H,8-9H2,1-2H3. The molecule has 19 heavy (non-hydrogen) atoms. The monoisotopic (exact) mass is 260 g/mol. The topological polar surface area (TPSA) is 59.0 Å². The maximum absolute atomic E-state index is 12.2. The fourth-order valence-electron chi connectivity index (χ4n) is 2.02. The molecular weight excluding hydrogens is 244 g/mol. The molecule has 1 unspecified atom stereocenters. The van der Waals surface area contributed by atoms with Crippen molar-refractivity contribution >= 4 is 17.6 Å². The second-order valence-corrected chi connectivity index (χ2v) is 4.46. The van der Waals surface area contributed by atoms with Gasteiger partial charge in [0.25, 0.3) is 5.91 Å². The molecule has 1 amide bonds. The molecule has 2 rings (SSSR count). The summed E-state index contributed by atoms with van der Waals surface area (Å²) in [5.41, 5.74) is 1.66. The minimum absolute atomic E-state index is 0.0515. The van der Waals surface area contributed by atoms with Gasteiger partial charge in [-0.3, -0.25) is 9.59 Å². The summed E-state index contributed by atoms with van der Waals surface area (Å²) in [7, 11) is 1.32. The number of carbonyl (C=O) groups is 2. The molecule has 0 fully saturated rings. The average Bonchev–Trinajstić information content (AvgIpc) is 2.67. The van der Waals surface area contributed by atoms with Crippen molar-refractivity contribution in [1.29, 1.82) is 0 Å². The minimum Gasteiger partial charge on any atom is -0.469 e. The molecule has 0 aliphatic carbocycles.